The Morgan fingerprint density at radius 3 is 2.67 bits per heavy atom. The van der Waals surface area contributed by atoms with Gasteiger partial charge in [0.2, 0.25) is 0 Å². The molecule has 2 rings (SSSR count). The molecule has 0 bridgehead atoms. The smallest absolute Gasteiger partial charge is 0.0946 e. The van der Waals surface area contributed by atoms with E-state index in [1.54, 1.807) is 6.33 Å². The van der Waals surface area contributed by atoms with Gasteiger partial charge in [0.1, 0.15) is 0 Å². The second kappa shape index (κ2) is 7.38. The van der Waals surface area contributed by atoms with Crippen molar-refractivity contribution in [3.05, 3.63) is 54.1 Å². The van der Waals surface area contributed by atoms with Crippen molar-refractivity contribution in [2.24, 2.45) is 12.5 Å². The monoisotopic (exact) mass is 287 g/mol. The van der Waals surface area contributed by atoms with E-state index in [9.17, 15) is 0 Å². The molecule has 0 radical (unpaired) electrons. The first kappa shape index (κ1) is 15.7. The van der Waals surface area contributed by atoms with Crippen LogP contribution in [0.1, 0.15) is 25.1 Å². The molecular weight excluding hydrogens is 262 g/mol. The van der Waals surface area contributed by atoms with Crippen LogP contribution in [0.3, 0.4) is 0 Å². The van der Waals surface area contributed by atoms with Gasteiger partial charge in [-0.3, -0.25) is 0 Å². The maximum Gasteiger partial charge on any atom is 0.0946 e. The van der Waals surface area contributed by atoms with Crippen molar-refractivity contribution in [3.63, 3.8) is 0 Å². The predicted octanol–water partition coefficient (Wildman–Crippen LogP) is 2.75. The number of benzene rings is 1. The average molecular weight is 287 g/mol. The van der Waals surface area contributed by atoms with Crippen molar-refractivity contribution in [2.75, 3.05) is 13.2 Å². The first-order valence-electron chi connectivity index (χ1n) is 7.34. The molecule has 0 fully saturated rings. The van der Waals surface area contributed by atoms with Crippen LogP contribution in [0.5, 0.6) is 0 Å². The van der Waals surface area contributed by atoms with E-state index in [0.717, 1.165) is 25.4 Å². The number of aromatic nitrogens is 2. The van der Waals surface area contributed by atoms with E-state index in [4.69, 9.17) is 4.74 Å². The summed E-state index contributed by atoms with van der Waals surface area (Å²) in [6.07, 6.45) is 3.64. The zero-order valence-corrected chi connectivity index (χ0v) is 13.2. The second-order valence-corrected chi connectivity index (χ2v) is 6.24. The van der Waals surface area contributed by atoms with Gasteiger partial charge in [0.05, 0.1) is 31.4 Å². The number of imidazole rings is 1. The maximum atomic E-state index is 5.83. The lowest BCUT2D eigenvalue weighted by Crippen LogP contribution is -2.33. The second-order valence-electron chi connectivity index (χ2n) is 6.24. The van der Waals surface area contributed by atoms with Crippen molar-refractivity contribution >= 4 is 0 Å². The van der Waals surface area contributed by atoms with Gasteiger partial charge in [-0.2, -0.15) is 0 Å². The lowest BCUT2D eigenvalue weighted by atomic mass is 9.95. The zero-order valence-electron chi connectivity index (χ0n) is 13.2. The topological polar surface area (TPSA) is 39.1 Å². The molecule has 4 heteroatoms. The van der Waals surface area contributed by atoms with Gasteiger partial charge in [-0.15, -0.1) is 0 Å². The highest BCUT2D eigenvalue weighted by molar-refractivity contribution is 5.14. The van der Waals surface area contributed by atoms with Crippen LogP contribution >= 0.6 is 0 Å². The van der Waals surface area contributed by atoms with Crippen LogP contribution in [0.4, 0.5) is 0 Å². The summed E-state index contributed by atoms with van der Waals surface area (Å²) in [5, 5.41) is 3.50. The minimum absolute atomic E-state index is 0.105. The van der Waals surface area contributed by atoms with Crippen LogP contribution in [-0.2, 0) is 24.9 Å². The molecule has 0 spiro atoms. The molecule has 0 aliphatic carbocycles. The van der Waals surface area contributed by atoms with Crippen LogP contribution in [0, 0.1) is 5.41 Å². The molecule has 0 aliphatic rings. The fourth-order valence-corrected chi connectivity index (χ4v) is 2.15. The summed E-state index contributed by atoms with van der Waals surface area (Å²) in [5.41, 5.74) is 2.51. The number of ether oxygens (including phenoxy) is 1. The van der Waals surface area contributed by atoms with E-state index >= 15 is 0 Å². The third-order valence-corrected chi connectivity index (χ3v) is 3.43. The number of nitrogens with zero attached hydrogens (tertiary/aromatic N) is 2. The quantitative estimate of drug-likeness (QED) is 0.811. The van der Waals surface area contributed by atoms with Crippen molar-refractivity contribution in [2.45, 2.75) is 27.0 Å². The standard InChI is InChI=1S/C17H25N3O/c1-17(2,12-18-9-15-7-5-4-6-8-15)13-21-11-16-10-19-14-20(16)3/h4-8,10,14,18H,9,11-13H2,1-3H3. The summed E-state index contributed by atoms with van der Waals surface area (Å²) < 4.78 is 7.81. The number of aryl methyl sites for hydroxylation is 1. The summed E-state index contributed by atoms with van der Waals surface area (Å²) in [6, 6.07) is 10.5. The Morgan fingerprint density at radius 2 is 2.00 bits per heavy atom. The SMILES string of the molecule is Cn1cncc1COCC(C)(C)CNCc1ccccc1. The number of hydrogen-bond acceptors (Lipinski definition) is 3. The lowest BCUT2D eigenvalue weighted by molar-refractivity contribution is 0.0483. The van der Waals surface area contributed by atoms with E-state index in [0.29, 0.717) is 6.61 Å². The maximum absolute atomic E-state index is 5.83. The molecule has 114 valence electrons. The first-order valence-corrected chi connectivity index (χ1v) is 7.34. The van der Waals surface area contributed by atoms with Gasteiger partial charge in [-0.05, 0) is 5.56 Å². The summed E-state index contributed by atoms with van der Waals surface area (Å²) in [4.78, 5) is 4.09. The van der Waals surface area contributed by atoms with Crippen LogP contribution < -0.4 is 5.32 Å². The third kappa shape index (κ3) is 5.33. The molecular formula is C17H25N3O. The molecule has 0 atom stereocenters. The molecule has 0 aliphatic heterocycles. The Balaban J connectivity index is 1.68. The Morgan fingerprint density at radius 1 is 1.24 bits per heavy atom. The normalized spacial score (nSPS) is 11.8. The first-order chi connectivity index (χ1) is 10.1. The fourth-order valence-electron chi connectivity index (χ4n) is 2.15. The largest absolute Gasteiger partial charge is 0.375 e. The fraction of sp³-hybridized carbons (Fsp3) is 0.471. The Bertz CT molecular complexity index is 534. The minimum Gasteiger partial charge on any atom is -0.375 e. The highest BCUT2D eigenvalue weighted by Crippen LogP contribution is 2.15. The van der Waals surface area contributed by atoms with Gasteiger partial charge < -0.3 is 14.6 Å². The molecule has 1 N–H and O–H groups in total. The average Bonchev–Trinajstić information content (AvgIpc) is 2.85. The van der Waals surface area contributed by atoms with Gasteiger partial charge in [0.25, 0.3) is 0 Å². The molecule has 21 heavy (non-hydrogen) atoms. The molecule has 1 aromatic heterocycles. The molecule has 0 amide bonds. The van der Waals surface area contributed by atoms with Crippen molar-refractivity contribution in [1.29, 1.82) is 0 Å². The van der Waals surface area contributed by atoms with Crippen LogP contribution in [-0.4, -0.2) is 22.7 Å². The lowest BCUT2D eigenvalue weighted by Gasteiger charge is -2.25. The van der Waals surface area contributed by atoms with Crippen molar-refractivity contribution < 1.29 is 4.74 Å². The van der Waals surface area contributed by atoms with Gasteiger partial charge >= 0.3 is 0 Å². The Hall–Kier alpha value is -1.65. The summed E-state index contributed by atoms with van der Waals surface area (Å²) >= 11 is 0. The van der Waals surface area contributed by atoms with Crippen molar-refractivity contribution in [1.82, 2.24) is 14.9 Å². The summed E-state index contributed by atoms with van der Waals surface area (Å²) in [7, 11) is 1.98. The van der Waals surface area contributed by atoms with Gasteiger partial charge in [-0.1, -0.05) is 44.2 Å². The van der Waals surface area contributed by atoms with Crippen molar-refractivity contribution in [3.8, 4) is 0 Å². The Labute approximate surface area is 127 Å². The predicted molar refractivity (Wildman–Crippen MR) is 84.8 cm³/mol. The molecule has 0 saturated heterocycles. The zero-order chi connectivity index (χ0) is 15.1. The molecule has 1 heterocycles. The Kier molecular flexibility index (Phi) is 5.53. The highest BCUT2D eigenvalue weighted by atomic mass is 16.5. The number of nitrogens with one attached hydrogen (secondary N) is 1. The van der Waals surface area contributed by atoms with E-state index in [1.165, 1.54) is 5.56 Å². The van der Waals surface area contributed by atoms with Gasteiger partial charge in [-0.25, -0.2) is 4.98 Å². The van der Waals surface area contributed by atoms with E-state index in [2.05, 4.69) is 48.4 Å². The van der Waals surface area contributed by atoms with Crippen LogP contribution in [0.15, 0.2) is 42.9 Å². The van der Waals surface area contributed by atoms with Crippen LogP contribution in [0.2, 0.25) is 0 Å². The molecule has 1 aromatic carbocycles. The molecule has 2 aromatic rings. The van der Waals surface area contributed by atoms with Gasteiger partial charge in [0, 0.05) is 25.6 Å². The van der Waals surface area contributed by atoms with E-state index in [1.807, 2.05) is 23.9 Å². The highest BCUT2D eigenvalue weighted by Gasteiger charge is 2.18. The summed E-state index contributed by atoms with van der Waals surface area (Å²) in [5.74, 6) is 0. The number of rotatable bonds is 8. The third-order valence-electron chi connectivity index (χ3n) is 3.43. The summed E-state index contributed by atoms with van der Waals surface area (Å²) in [6.45, 7) is 7.58. The molecule has 0 saturated carbocycles. The molecule has 4 nitrogen and oxygen atoms in total. The van der Waals surface area contributed by atoms with E-state index in [-0.39, 0.29) is 5.41 Å². The number of hydrogen-bond donors (Lipinski definition) is 1. The van der Waals surface area contributed by atoms with E-state index < -0.39 is 0 Å². The molecule has 0 unspecified atom stereocenters. The van der Waals surface area contributed by atoms with Gasteiger partial charge in [0.15, 0.2) is 0 Å². The van der Waals surface area contributed by atoms with Crippen LogP contribution in [0.25, 0.3) is 0 Å². The minimum atomic E-state index is 0.105.